The number of unbranched alkanes of at least 4 members (excludes halogenated alkanes) is 6. The van der Waals surface area contributed by atoms with E-state index in [2.05, 4.69) is 16.2 Å². The first-order valence-corrected chi connectivity index (χ1v) is 5.83. The number of hydrogen-bond donors (Lipinski definition) is 0. The molecule has 0 radical (unpaired) electrons. The largest absolute Gasteiger partial charge is 0.243 e. The molecule has 2 heteroatoms. The van der Waals surface area contributed by atoms with Crippen molar-refractivity contribution in [1.29, 1.82) is 0 Å². The Hall–Kier alpha value is 0.360. The van der Waals surface area contributed by atoms with Crippen LogP contribution in [0, 0.1) is 0 Å². The summed E-state index contributed by atoms with van der Waals surface area (Å²) < 4.78 is 12.3. The summed E-state index contributed by atoms with van der Waals surface area (Å²) in [6, 6.07) is 0. The van der Waals surface area contributed by atoms with E-state index in [1.54, 1.807) is 0 Å². The van der Waals surface area contributed by atoms with Crippen molar-refractivity contribution in [2.75, 3.05) is 0 Å². The fraction of sp³-hybridized carbons (Fsp3) is 1.00. The summed E-state index contributed by atoms with van der Waals surface area (Å²) in [5.74, 6) is -0.680. The van der Waals surface area contributed by atoms with Crippen LogP contribution in [0.2, 0.25) is 0 Å². The van der Waals surface area contributed by atoms with Gasteiger partial charge in [-0.05, 0) is 6.42 Å². The molecule has 12 heavy (non-hydrogen) atoms. The molecule has 0 rings (SSSR count). The molecule has 0 aliphatic heterocycles. The molecule has 0 saturated carbocycles. The second-order valence-corrected chi connectivity index (χ2v) is 4.15. The maximum Gasteiger partial charge on any atom is 0.113 e. The molecule has 0 nitrogen and oxygen atoms in total. The van der Waals surface area contributed by atoms with E-state index in [1.807, 2.05) is 0 Å². The monoisotopic (exact) mass is 192 g/mol. The molecule has 0 aromatic carbocycles. The molecule has 0 N–H and O–H groups in total. The van der Waals surface area contributed by atoms with Crippen molar-refractivity contribution in [3.63, 3.8) is 0 Å². The van der Waals surface area contributed by atoms with E-state index in [0.29, 0.717) is 0 Å². The highest BCUT2D eigenvalue weighted by Gasteiger charge is 1.96. The van der Waals surface area contributed by atoms with Crippen molar-refractivity contribution in [3.05, 3.63) is 0 Å². The second kappa shape index (κ2) is 9.45. The van der Waals surface area contributed by atoms with Crippen molar-refractivity contribution in [1.82, 2.24) is 0 Å². The Labute approximate surface area is 78.5 Å². The fourth-order valence-electron chi connectivity index (χ4n) is 1.30. The maximum atomic E-state index is 12.3. The molecule has 0 fully saturated rings. The lowest BCUT2D eigenvalue weighted by Crippen LogP contribution is -1.87. The Morgan fingerprint density at radius 3 is 2.00 bits per heavy atom. The summed E-state index contributed by atoms with van der Waals surface area (Å²) in [6.45, 7) is 2.22. The van der Waals surface area contributed by atoms with Gasteiger partial charge in [0.1, 0.15) is 5.91 Å². The van der Waals surface area contributed by atoms with Gasteiger partial charge in [-0.1, -0.05) is 51.9 Å². The van der Waals surface area contributed by atoms with Crippen molar-refractivity contribution in [2.45, 2.75) is 64.2 Å². The topological polar surface area (TPSA) is 0 Å². The van der Waals surface area contributed by atoms with Crippen LogP contribution in [0.15, 0.2) is 0 Å². The molecular weight excluding hydrogens is 170 g/mol. The number of alkyl halides is 1. The van der Waals surface area contributed by atoms with Gasteiger partial charge in [-0.2, -0.15) is 0 Å². The maximum absolute atomic E-state index is 12.3. The summed E-state index contributed by atoms with van der Waals surface area (Å²) in [7, 11) is 2.21. The lowest BCUT2D eigenvalue weighted by molar-refractivity contribution is 0.410. The number of rotatable bonds is 8. The third kappa shape index (κ3) is 10.4. The van der Waals surface area contributed by atoms with Crippen molar-refractivity contribution in [2.24, 2.45) is 0 Å². The van der Waals surface area contributed by atoms with Crippen molar-refractivity contribution in [3.8, 4) is 0 Å². The summed E-state index contributed by atoms with van der Waals surface area (Å²) >= 11 is 0. The van der Waals surface area contributed by atoms with E-state index in [1.165, 1.54) is 38.5 Å². The molecule has 0 amide bonds. The predicted octanol–water partition coefficient (Wildman–Crippen LogP) is 4.30. The predicted molar refractivity (Wildman–Crippen MR) is 57.2 cm³/mol. The van der Waals surface area contributed by atoms with Gasteiger partial charge in [0.05, 0.1) is 0 Å². The minimum absolute atomic E-state index is 0.680. The average Bonchev–Trinajstić information content (AvgIpc) is 2.02. The highest BCUT2D eigenvalue weighted by molar-refractivity contribution is 7.17. The van der Waals surface area contributed by atoms with Crippen molar-refractivity contribution >= 4 is 9.24 Å². The molecule has 0 saturated heterocycles. The molecule has 2 atom stereocenters. The van der Waals surface area contributed by atoms with Gasteiger partial charge in [0, 0.05) is 0 Å². The highest BCUT2D eigenvalue weighted by Crippen LogP contribution is 2.13. The lowest BCUT2D eigenvalue weighted by atomic mass is 10.1. The lowest BCUT2D eigenvalue weighted by Gasteiger charge is -2.01. The molecule has 0 aliphatic rings. The van der Waals surface area contributed by atoms with Crippen molar-refractivity contribution < 1.29 is 4.39 Å². The number of halogens is 1. The second-order valence-electron chi connectivity index (χ2n) is 3.43. The zero-order chi connectivity index (χ0) is 9.23. The Kier molecular flexibility index (Phi) is 9.73. The first-order chi connectivity index (χ1) is 5.77. The summed E-state index contributed by atoms with van der Waals surface area (Å²) in [6.07, 6.45) is 9.62. The molecule has 0 bridgehead atoms. The van der Waals surface area contributed by atoms with Gasteiger partial charge in [-0.25, -0.2) is 4.39 Å². The smallest absolute Gasteiger partial charge is 0.113 e. The van der Waals surface area contributed by atoms with Crippen LogP contribution in [-0.2, 0) is 0 Å². The Balaban J connectivity index is 2.82. The van der Waals surface area contributed by atoms with E-state index in [9.17, 15) is 4.39 Å². The van der Waals surface area contributed by atoms with Gasteiger partial charge < -0.3 is 0 Å². The Bertz CT molecular complexity index is 83.9. The van der Waals surface area contributed by atoms with E-state index in [-0.39, 0.29) is 0 Å². The van der Waals surface area contributed by atoms with Crippen LogP contribution in [0.4, 0.5) is 4.39 Å². The average molecular weight is 192 g/mol. The zero-order valence-electron chi connectivity index (χ0n) is 8.19. The summed E-state index contributed by atoms with van der Waals surface area (Å²) in [4.78, 5) is 0. The van der Waals surface area contributed by atoms with E-state index in [0.717, 1.165) is 12.8 Å². The third-order valence-corrected chi connectivity index (χ3v) is 2.42. The molecule has 0 aromatic heterocycles. The van der Waals surface area contributed by atoms with Gasteiger partial charge in [-0.15, -0.1) is 9.24 Å². The Morgan fingerprint density at radius 1 is 1.00 bits per heavy atom. The van der Waals surface area contributed by atoms with Gasteiger partial charge >= 0.3 is 0 Å². The molecular formula is C10H22FP. The van der Waals surface area contributed by atoms with Gasteiger partial charge in [-0.3, -0.25) is 0 Å². The molecule has 0 aromatic rings. The molecule has 2 unspecified atom stereocenters. The molecule has 0 aliphatic carbocycles. The minimum Gasteiger partial charge on any atom is -0.243 e. The zero-order valence-corrected chi connectivity index (χ0v) is 9.34. The standard InChI is InChI=1S/C10H22FP/c1-2-3-4-5-6-7-8-9-10(11)12/h10H,2-9,12H2,1H3. The van der Waals surface area contributed by atoms with Crippen LogP contribution in [0.5, 0.6) is 0 Å². The first kappa shape index (κ1) is 12.4. The van der Waals surface area contributed by atoms with E-state index >= 15 is 0 Å². The van der Waals surface area contributed by atoms with Gasteiger partial charge in [0.2, 0.25) is 0 Å². The van der Waals surface area contributed by atoms with Gasteiger partial charge in [0.15, 0.2) is 0 Å². The van der Waals surface area contributed by atoms with Crippen LogP contribution in [-0.4, -0.2) is 5.91 Å². The fourth-order valence-corrected chi connectivity index (χ4v) is 1.53. The molecule has 0 heterocycles. The third-order valence-electron chi connectivity index (χ3n) is 2.08. The molecule has 0 spiro atoms. The van der Waals surface area contributed by atoms with E-state index in [4.69, 9.17) is 0 Å². The van der Waals surface area contributed by atoms with Crippen LogP contribution < -0.4 is 0 Å². The van der Waals surface area contributed by atoms with E-state index < -0.39 is 5.91 Å². The normalized spacial score (nSPS) is 13.2. The quantitative estimate of drug-likeness (QED) is 0.397. The van der Waals surface area contributed by atoms with Gasteiger partial charge in [0.25, 0.3) is 0 Å². The van der Waals surface area contributed by atoms with Crippen LogP contribution >= 0.6 is 9.24 Å². The number of hydrogen-bond acceptors (Lipinski definition) is 0. The minimum atomic E-state index is -0.680. The summed E-state index contributed by atoms with van der Waals surface area (Å²) in [5.41, 5.74) is 0. The SMILES string of the molecule is CCCCCCCCCC(F)P. The van der Waals surface area contributed by atoms with Crippen LogP contribution in [0.25, 0.3) is 0 Å². The first-order valence-electron chi connectivity index (χ1n) is 5.17. The highest BCUT2D eigenvalue weighted by atomic mass is 31.0. The molecule has 74 valence electrons. The Morgan fingerprint density at radius 2 is 1.50 bits per heavy atom. The van der Waals surface area contributed by atoms with Crippen LogP contribution in [0.3, 0.4) is 0 Å². The van der Waals surface area contributed by atoms with Crippen LogP contribution in [0.1, 0.15) is 58.3 Å². The summed E-state index contributed by atoms with van der Waals surface area (Å²) in [5, 5.41) is 0.